The normalized spacial score (nSPS) is 14.0. The summed E-state index contributed by atoms with van der Waals surface area (Å²) in [5.74, 6) is 0.253. The third kappa shape index (κ3) is 82.6. The SMILES string of the molecule is CCCCCCCCCCCCCCCCCCCCCCCC(=O)OC[C@H](COP(=O)(O)OC[C@@H](O)COP(=O)(O)OC[C@@H](COC(=O)CCCCCCCCC(C)CC)OC(=O)CCCCCCCCCCCCCCCCCC(C)C)OC(=O)CCCCCCCCCCCCCCCCCCCCC(C)C. The minimum absolute atomic E-state index is 0.107. The summed E-state index contributed by atoms with van der Waals surface area (Å²) in [7, 11) is -9.94. The van der Waals surface area contributed by atoms with Crippen LogP contribution < -0.4 is 0 Å². The number of carbonyl (C=O) groups excluding carboxylic acids is 4. The summed E-state index contributed by atoms with van der Waals surface area (Å²) >= 11 is 0. The second kappa shape index (κ2) is 80.8. The number of aliphatic hydroxyl groups excluding tert-OH is 1. The zero-order chi connectivity index (χ0) is 80.8. The van der Waals surface area contributed by atoms with Gasteiger partial charge in [0, 0.05) is 25.7 Å². The average Bonchev–Trinajstić information content (AvgIpc) is 0.899. The molecule has 0 saturated heterocycles. The van der Waals surface area contributed by atoms with E-state index in [9.17, 15) is 43.2 Å². The maximum Gasteiger partial charge on any atom is 0.472 e. The Hall–Kier alpha value is -1.94. The summed E-state index contributed by atoms with van der Waals surface area (Å²) in [5, 5.41) is 10.7. The number of carbonyl (C=O) groups is 4. The van der Waals surface area contributed by atoms with Gasteiger partial charge in [-0.1, -0.05) is 434 Å². The van der Waals surface area contributed by atoms with Crippen LogP contribution in [-0.2, 0) is 65.4 Å². The number of unbranched alkanes of at least 4 members (excludes halogenated alkanes) is 56. The van der Waals surface area contributed by atoms with Gasteiger partial charge in [0.1, 0.15) is 19.3 Å². The molecule has 0 aliphatic heterocycles. The molecule has 0 heterocycles. The topological polar surface area (TPSA) is 237 Å². The Bertz CT molecular complexity index is 2120. The summed E-state index contributed by atoms with van der Waals surface area (Å²) < 4.78 is 69.0. The quantitative estimate of drug-likeness (QED) is 0.0222. The van der Waals surface area contributed by atoms with Crippen LogP contribution in [0.1, 0.15) is 485 Å². The third-order valence-corrected chi connectivity index (χ3v) is 23.6. The van der Waals surface area contributed by atoms with Gasteiger partial charge in [-0.25, -0.2) is 9.13 Å². The molecule has 17 nitrogen and oxygen atoms in total. The Kier molecular flexibility index (Phi) is 79.4. The number of ether oxygens (including phenoxy) is 4. The zero-order valence-electron chi connectivity index (χ0n) is 72.7. The van der Waals surface area contributed by atoms with Crippen LogP contribution in [0.15, 0.2) is 0 Å². The predicted octanol–water partition coefficient (Wildman–Crippen LogP) is 28.0. The van der Waals surface area contributed by atoms with E-state index < -0.39 is 97.5 Å². The lowest BCUT2D eigenvalue weighted by atomic mass is 10.00. The van der Waals surface area contributed by atoms with Crippen molar-refractivity contribution in [2.45, 2.75) is 503 Å². The molecule has 654 valence electrons. The fourth-order valence-electron chi connectivity index (χ4n) is 14.2. The molecule has 0 bridgehead atoms. The number of hydrogen-bond acceptors (Lipinski definition) is 15. The minimum atomic E-state index is -4.97. The van der Waals surface area contributed by atoms with Gasteiger partial charge in [-0.2, -0.15) is 0 Å². The summed E-state index contributed by atoms with van der Waals surface area (Å²) in [5.41, 5.74) is 0. The molecular formula is C91H178O17P2. The Labute approximate surface area is 677 Å². The number of phosphoric acid groups is 2. The molecule has 110 heavy (non-hydrogen) atoms. The van der Waals surface area contributed by atoms with E-state index in [2.05, 4.69) is 48.5 Å². The fraction of sp³-hybridized carbons (Fsp3) is 0.956. The number of aliphatic hydroxyl groups is 1. The molecule has 0 aromatic rings. The summed E-state index contributed by atoms with van der Waals surface area (Å²) in [6.07, 6.45) is 73.8. The Morgan fingerprint density at radius 2 is 0.464 bits per heavy atom. The van der Waals surface area contributed by atoms with Gasteiger partial charge in [0.05, 0.1) is 26.4 Å². The van der Waals surface area contributed by atoms with Crippen LogP contribution in [0, 0.1) is 17.8 Å². The summed E-state index contributed by atoms with van der Waals surface area (Å²) in [4.78, 5) is 73.4. The van der Waals surface area contributed by atoms with Crippen molar-refractivity contribution in [1.82, 2.24) is 0 Å². The van der Waals surface area contributed by atoms with Crippen molar-refractivity contribution in [2.75, 3.05) is 39.6 Å². The molecule has 0 rings (SSSR count). The molecule has 3 unspecified atom stereocenters. The fourth-order valence-corrected chi connectivity index (χ4v) is 15.8. The van der Waals surface area contributed by atoms with Crippen LogP contribution >= 0.6 is 15.6 Å². The lowest BCUT2D eigenvalue weighted by Gasteiger charge is -2.21. The Morgan fingerprint density at radius 1 is 0.264 bits per heavy atom. The standard InChI is InChI=1S/C91H178O17P2/c1-8-10-11-12-13-14-15-16-17-18-19-20-21-25-30-35-40-45-50-58-65-72-88(93)101-78-86(107-90(95)74-67-60-51-46-41-36-31-26-23-22-24-28-33-38-43-48-55-62-69-82(3)4)80-105-109(97,98)103-76-85(92)77-104-110(99,100)106-81-87(79-102-89(94)73-66-59-54-53-57-64-71-84(7)9-2)108-91(96)75-68-61-52-47-42-37-32-27-29-34-39-44-49-56-63-70-83(5)6/h82-87,92H,8-81H2,1-7H3,(H,97,98)(H,99,100)/t84?,85-,86-,87-/m1/s1. The molecule has 0 saturated carbocycles. The van der Waals surface area contributed by atoms with E-state index in [0.29, 0.717) is 25.7 Å². The molecule has 0 spiro atoms. The highest BCUT2D eigenvalue weighted by Crippen LogP contribution is 2.45. The smallest absolute Gasteiger partial charge is 0.462 e. The molecule has 0 fully saturated rings. The van der Waals surface area contributed by atoms with Gasteiger partial charge in [-0.15, -0.1) is 0 Å². The van der Waals surface area contributed by atoms with E-state index in [0.717, 1.165) is 114 Å². The minimum Gasteiger partial charge on any atom is -0.462 e. The highest BCUT2D eigenvalue weighted by molar-refractivity contribution is 7.47. The van der Waals surface area contributed by atoms with E-state index in [1.165, 1.54) is 289 Å². The van der Waals surface area contributed by atoms with E-state index in [4.69, 9.17) is 37.0 Å². The van der Waals surface area contributed by atoms with Crippen molar-refractivity contribution in [3.8, 4) is 0 Å². The van der Waals surface area contributed by atoms with Gasteiger partial charge in [0.25, 0.3) is 0 Å². The van der Waals surface area contributed by atoms with Gasteiger partial charge < -0.3 is 33.8 Å². The van der Waals surface area contributed by atoms with Crippen molar-refractivity contribution in [1.29, 1.82) is 0 Å². The molecule has 0 radical (unpaired) electrons. The number of esters is 4. The highest BCUT2D eigenvalue weighted by atomic mass is 31.2. The Morgan fingerprint density at radius 3 is 0.691 bits per heavy atom. The monoisotopic (exact) mass is 1610 g/mol. The van der Waals surface area contributed by atoms with Crippen molar-refractivity contribution >= 4 is 39.5 Å². The lowest BCUT2D eigenvalue weighted by molar-refractivity contribution is -0.161. The number of phosphoric ester groups is 2. The molecule has 6 atom stereocenters. The van der Waals surface area contributed by atoms with Crippen molar-refractivity contribution < 1.29 is 80.2 Å². The lowest BCUT2D eigenvalue weighted by Crippen LogP contribution is -2.30. The Balaban J connectivity index is 5.22. The molecule has 0 amide bonds. The van der Waals surface area contributed by atoms with Gasteiger partial charge in [0.15, 0.2) is 12.2 Å². The molecule has 3 N–H and O–H groups in total. The van der Waals surface area contributed by atoms with Gasteiger partial charge in [0.2, 0.25) is 0 Å². The highest BCUT2D eigenvalue weighted by Gasteiger charge is 2.31. The van der Waals surface area contributed by atoms with E-state index in [-0.39, 0.29) is 25.7 Å². The van der Waals surface area contributed by atoms with E-state index >= 15 is 0 Å². The average molecular weight is 1610 g/mol. The third-order valence-electron chi connectivity index (χ3n) is 21.7. The first-order valence-corrected chi connectivity index (χ1v) is 49.9. The molecule has 0 aromatic heterocycles. The number of rotatable bonds is 89. The summed E-state index contributed by atoms with van der Waals surface area (Å²) in [6, 6.07) is 0. The molecular weight excluding hydrogens is 1430 g/mol. The van der Waals surface area contributed by atoms with Crippen LogP contribution in [-0.4, -0.2) is 96.7 Å². The first kappa shape index (κ1) is 108. The van der Waals surface area contributed by atoms with Gasteiger partial charge in [-0.05, 0) is 43.4 Å². The molecule has 0 aromatic carbocycles. The van der Waals surface area contributed by atoms with Crippen LogP contribution in [0.25, 0.3) is 0 Å². The molecule has 19 heteroatoms. The summed E-state index contributed by atoms with van der Waals surface area (Å²) in [6.45, 7) is 12.0. The maximum absolute atomic E-state index is 13.2. The first-order chi connectivity index (χ1) is 53.3. The van der Waals surface area contributed by atoms with Crippen LogP contribution in [0.2, 0.25) is 0 Å². The largest absolute Gasteiger partial charge is 0.472 e. The first-order valence-electron chi connectivity index (χ1n) is 46.9. The van der Waals surface area contributed by atoms with Crippen LogP contribution in [0.3, 0.4) is 0 Å². The van der Waals surface area contributed by atoms with Crippen LogP contribution in [0.4, 0.5) is 0 Å². The van der Waals surface area contributed by atoms with Crippen molar-refractivity contribution in [3.63, 3.8) is 0 Å². The van der Waals surface area contributed by atoms with E-state index in [1.807, 2.05) is 0 Å². The maximum atomic E-state index is 13.2. The molecule has 0 aliphatic carbocycles. The zero-order valence-corrected chi connectivity index (χ0v) is 74.5. The van der Waals surface area contributed by atoms with Gasteiger partial charge >= 0.3 is 39.5 Å². The van der Waals surface area contributed by atoms with Gasteiger partial charge in [-0.3, -0.25) is 37.3 Å². The predicted molar refractivity (Wildman–Crippen MR) is 455 cm³/mol. The second-order valence-corrected chi connectivity index (χ2v) is 36.8. The molecule has 0 aliphatic rings. The van der Waals surface area contributed by atoms with Crippen LogP contribution in [0.5, 0.6) is 0 Å². The van der Waals surface area contributed by atoms with Crippen molar-refractivity contribution in [2.24, 2.45) is 17.8 Å². The van der Waals surface area contributed by atoms with E-state index in [1.54, 1.807) is 0 Å². The van der Waals surface area contributed by atoms with Crippen molar-refractivity contribution in [3.05, 3.63) is 0 Å². The number of hydrogen-bond donors (Lipinski definition) is 3. The second-order valence-electron chi connectivity index (χ2n) is 33.9.